The van der Waals surface area contributed by atoms with Gasteiger partial charge in [-0.25, -0.2) is 0 Å². The van der Waals surface area contributed by atoms with Gasteiger partial charge in [-0.05, 0) is 50.3 Å². The second-order valence-electron chi connectivity index (χ2n) is 6.23. The van der Waals surface area contributed by atoms with Gasteiger partial charge in [-0.15, -0.1) is 0 Å². The molecule has 7 nitrogen and oxygen atoms in total. The van der Waals surface area contributed by atoms with E-state index < -0.39 is 0 Å². The molecule has 23 heavy (non-hydrogen) atoms. The van der Waals surface area contributed by atoms with Crippen molar-refractivity contribution in [3.8, 4) is 0 Å². The van der Waals surface area contributed by atoms with Crippen molar-refractivity contribution < 1.29 is 0 Å². The Morgan fingerprint density at radius 1 is 0.826 bits per heavy atom. The minimum Gasteiger partial charge on any atom is -0.279 e. The molecule has 0 spiro atoms. The van der Waals surface area contributed by atoms with E-state index in [0.717, 1.165) is 37.6 Å². The van der Waals surface area contributed by atoms with Crippen LogP contribution in [0.4, 0.5) is 0 Å². The van der Waals surface area contributed by atoms with Crippen LogP contribution in [-0.4, -0.2) is 41.2 Å². The van der Waals surface area contributed by atoms with Crippen LogP contribution in [0.3, 0.4) is 0 Å². The standard InChI is InChI=1S/C16H25N7/c1-14-10-15(12-17-20-22-6-2-3-7-22)19-16(11-14)13-18-21-23-8-4-5-9-23/h10-11H,2-9,12-13H2,1H3. The van der Waals surface area contributed by atoms with Gasteiger partial charge in [-0.1, -0.05) is 10.4 Å². The molecule has 1 aromatic rings. The summed E-state index contributed by atoms with van der Waals surface area (Å²) in [5.41, 5.74) is 3.07. The molecule has 3 rings (SSSR count). The topological polar surface area (TPSA) is 68.8 Å². The molecule has 2 saturated heterocycles. The van der Waals surface area contributed by atoms with Crippen molar-refractivity contribution in [2.75, 3.05) is 26.2 Å². The lowest BCUT2D eigenvalue weighted by molar-refractivity contribution is 0.328. The van der Waals surface area contributed by atoms with Gasteiger partial charge in [0.05, 0.1) is 11.4 Å². The minimum atomic E-state index is 0.522. The molecule has 2 aliphatic heterocycles. The molecule has 124 valence electrons. The first-order valence-corrected chi connectivity index (χ1v) is 8.51. The summed E-state index contributed by atoms with van der Waals surface area (Å²) in [6.07, 6.45) is 4.86. The average molecular weight is 315 g/mol. The van der Waals surface area contributed by atoms with Crippen molar-refractivity contribution in [2.45, 2.75) is 45.7 Å². The van der Waals surface area contributed by atoms with Crippen molar-refractivity contribution >= 4 is 0 Å². The van der Waals surface area contributed by atoms with Crippen LogP contribution in [0.2, 0.25) is 0 Å². The highest BCUT2D eigenvalue weighted by molar-refractivity contribution is 5.20. The van der Waals surface area contributed by atoms with Crippen molar-refractivity contribution in [3.05, 3.63) is 29.1 Å². The zero-order valence-electron chi connectivity index (χ0n) is 13.9. The van der Waals surface area contributed by atoms with E-state index in [1.165, 1.54) is 31.2 Å². The van der Waals surface area contributed by atoms with Crippen molar-refractivity contribution in [3.63, 3.8) is 0 Å². The molecule has 3 heterocycles. The van der Waals surface area contributed by atoms with Crippen molar-refractivity contribution in [1.29, 1.82) is 0 Å². The fourth-order valence-corrected chi connectivity index (χ4v) is 2.95. The third-order valence-corrected chi connectivity index (χ3v) is 4.09. The van der Waals surface area contributed by atoms with E-state index >= 15 is 0 Å². The normalized spacial score (nSPS) is 18.8. The molecule has 0 amide bonds. The first kappa shape index (κ1) is 15.8. The molecule has 7 heteroatoms. The van der Waals surface area contributed by atoms with Crippen LogP contribution in [0.15, 0.2) is 32.8 Å². The van der Waals surface area contributed by atoms with E-state index in [1.807, 2.05) is 10.0 Å². The zero-order chi connectivity index (χ0) is 15.9. The largest absolute Gasteiger partial charge is 0.279 e. The number of aryl methyl sites for hydroxylation is 1. The van der Waals surface area contributed by atoms with E-state index in [-0.39, 0.29) is 0 Å². The highest BCUT2D eigenvalue weighted by atomic mass is 15.5. The smallest absolute Gasteiger partial charge is 0.104 e. The van der Waals surface area contributed by atoms with Gasteiger partial charge in [-0.2, -0.15) is 10.2 Å². The van der Waals surface area contributed by atoms with Crippen LogP contribution in [0.5, 0.6) is 0 Å². The lowest BCUT2D eigenvalue weighted by atomic mass is 10.2. The number of hydrogen-bond acceptors (Lipinski definition) is 5. The number of pyridine rings is 1. The summed E-state index contributed by atoms with van der Waals surface area (Å²) >= 11 is 0. The molecule has 2 aliphatic rings. The molecule has 1 aromatic heterocycles. The van der Waals surface area contributed by atoms with E-state index in [4.69, 9.17) is 0 Å². The number of hydrogen-bond donors (Lipinski definition) is 0. The number of nitrogens with zero attached hydrogens (tertiary/aromatic N) is 7. The molecule has 0 atom stereocenters. The Balaban J connectivity index is 1.54. The van der Waals surface area contributed by atoms with E-state index in [2.05, 4.69) is 44.7 Å². The minimum absolute atomic E-state index is 0.522. The molecule has 0 unspecified atom stereocenters. The van der Waals surface area contributed by atoms with E-state index in [0.29, 0.717) is 13.1 Å². The monoisotopic (exact) mass is 315 g/mol. The summed E-state index contributed by atoms with van der Waals surface area (Å²) in [4.78, 5) is 4.62. The second kappa shape index (κ2) is 7.99. The van der Waals surface area contributed by atoms with Gasteiger partial charge in [0.2, 0.25) is 0 Å². The number of rotatable bonds is 6. The summed E-state index contributed by atoms with van der Waals surface area (Å²) in [5, 5.41) is 21.1. The maximum atomic E-state index is 4.62. The summed E-state index contributed by atoms with van der Waals surface area (Å²) in [5.74, 6) is 0. The molecule has 0 aromatic carbocycles. The maximum Gasteiger partial charge on any atom is 0.104 e. The molecular weight excluding hydrogens is 290 g/mol. The third kappa shape index (κ3) is 4.97. The summed E-state index contributed by atoms with van der Waals surface area (Å²) in [7, 11) is 0. The quantitative estimate of drug-likeness (QED) is 0.756. The second-order valence-corrected chi connectivity index (χ2v) is 6.23. The predicted octanol–water partition coefficient (Wildman–Crippen LogP) is 3.32. The lowest BCUT2D eigenvalue weighted by Gasteiger charge is -2.08. The fraction of sp³-hybridized carbons (Fsp3) is 0.688. The molecular formula is C16H25N7. The van der Waals surface area contributed by atoms with Gasteiger partial charge in [0.15, 0.2) is 0 Å². The molecule has 2 fully saturated rings. The Morgan fingerprint density at radius 3 is 1.70 bits per heavy atom. The zero-order valence-corrected chi connectivity index (χ0v) is 13.9. The van der Waals surface area contributed by atoms with Crippen LogP contribution in [0.25, 0.3) is 0 Å². The van der Waals surface area contributed by atoms with Crippen LogP contribution in [0.1, 0.15) is 42.6 Å². The first-order valence-electron chi connectivity index (χ1n) is 8.51. The molecule has 0 radical (unpaired) electrons. The maximum absolute atomic E-state index is 4.62. The van der Waals surface area contributed by atoms with Gasteiger partial charge >= 0.3 is 0 Å². The van der Waals surface area contributed by atoms with Gasteiger partial charge < -0.3 is 0 Å². The van der Waals surface area contributed by atoms with E-state index in [9.17, 15) is 0 Å². The Labute approximate surface area is 137 Å². The SMILES string of the molecule is Cc1cc(CN=NN2CCCC2)nc(CN=NN2CCCC2)c1. The third-order valence-electron chi connectivity index (χ3n) is 4.09. The summed E-state index contributed by atoms with van der Waals surface area (Å²) < 4.78 is 0. The first-order chi connectivity index (χ1) is 11.3. The van der Waals surface area contributed by atoms with Crippen LogP contribution < -0.4 is 0 Å². The number of aromatic nitrogens is 1. The molecule has 0 N–H and O–H groups in total. The van der Waals surface area contributed by atoms with Gasteiger partial charge in [0, 0.05) is 26.2 Å². The Morgan fingerprint density at radius 2 is 1.26 bits per heavy atom. The summed E-state index contributed by atoms with van der Waals surface area (Å²) in [6.45, 7) is 7.20. The van der Waals surface area contributed by atoms with Gasteiger partial charge in [-0.3, -0.25) is 15.0 Å². The van der Waals surface area contributed by atoms with Gasteiger partial charge in [0.1, 0.15) is 13.1 Å². The molecule has 0 saturated carbocycles. The Kier molecular flexibility index (Phi) is 5.50. The summed E-state index contributed by atoms with van der Waals surface area (Å²) in [6, 6.07) is 4.12. The highest BCUT2D eigenvalue weighted by Gasteiger charge is 2.09. The highest BCUT2D eigenvalue weighted by Crippen LogP contribution is 2.12. The van der Waals surface area contributed by atoms with Crippen LogP contribution in [-0.2, 0) is 13.1 Å². The van der Waals surface area contributed by atoms with Crippen molar-refractivity contribution in [2.24, 2.45) is 20.7 Å². The molecule has 0 aliphatic carbocycles. The van der Waals surface area contributed by atoms with E-state index in [1.54, 1.807) is 0 Å². The lowest BCUT2D eigenvalue weighted by Crippen LogP contribution is -2.10. The average Bonchev–Trinajstić information content (AvgIpc) is 3.20. The Bertz CT molecular complexity index is 511. The predicted molar refractivity (Wildman–Crippen MR) is 87.7 cm³/mol. The van der Waals surface area contributed by atoms with Gasteiger partial charge in [0.25, 0.3) is 0 Å². The fourth-order valence-electron chi connectivity index (χ4n) is 2.95. The molecule has 0 bridgehead atoms. The van der Waals surface area contributed by atoms with Crippen LogP contribution in [0, 0.1) is 6.92 Å². The van der Waals surface area contributed by atoms with Crippen LogP contribution >= 0.6 is 0 Å². The Hall–Kier alpha value is -2.05. The van der Waals surface area contributed by atoms with Crippen molar-refractivity contribution in [1.82, 2.24) is 15.0 Å².